The van der Waals surface area contributed by atoms with E-state index in [4.69, 9.17) is 33.8 Å². The van der Waals surface area contributed by atoms with Crippen LogP contribution in [0.2, 0.25) is 10.0 Å². The van der Waals surface area contributed by atoms with Crippen LogP contribution in [0.15, 0.2) is 36.4 Å². The Hall–Kier alpha value is -1.33. The lowest BCUT2D eigenvalue weighted by Gasteiger charge is -2.19. The highest BCUT2D eigenvalue weighted by molar-refractivity contribution is 6.42. The van der Waals surface area contributed by atoms with Crippen molar-refractivity contribution in [1.82, 2.24) is 5.43 Å². The molecular weight excluding hydrogens is 302 g/mol. The number of hydrazine groups is 1. The second-order valence-electron chi connectivity index (χ2n) is 4.14. The number of ether oxygens (including phenoxy) is 1. The number of halogens is 3. The molecule has 0 fully saturated rings. The van der Waals surface area contributed by atoms with E-state index in [0.717, 1.165) is 5.56 Å². The number of benzene rings is 2. The number of methoxy groups -OCH3 is 1. The van der Waals surface area contributed by atoms with Crippen molar-refractivity contribution >= 4 is 23.2 Å². The van der Waals surface area contributed by atoms with Gasteiger partial charge in [-0.05, 0) is 29.3 Å². The molecule has 3 N–H and O–H groups in total. The Morgan fingerprint density at radius 3 is 2.65 bits per heavy atom. The van der Waals surface area contributed by atoms with E-state index in [1.54, 1.807) is 30.3 Å². The highest BCUT2D eigenvalue weighted by Gasteiger charge is 2.18. The minimum Gasteiger partial charge on any atom is -0.494 e. The topological polar surface area (TPSA) is 47.3 Å². The third kappa shape index (κ3) is 2.88. The van der Waals surface area contributed by atoms with Gasteiger partial charge in [0, 0.05) is 0 Å². The van der Waals surface area contributed by atoms with Crippen LogP contribution in [0.5, 0.6) is 5.75 Å². The molecule has 20 heavy (non-hydrogen) atoms. The lowest BCUT2D eigenvalue weighted by Crippen LogP contribution is -2.29. The lowest BCUT2D eigenvalue weighted by atomic mass is 9.99. The summed E-state index contributed by atoms with van der Waals surface area (Å²) in [6, 6.07) is 9.33. The number of nitrogens with one attached hydrogen (secondary N) is 1. The molecule has 0 amide bonds. The van der Waals surface area contributed by atoms with Gasteiger partial charge in [0.25, 0.3) is 0 Å². The Bertz CT molecular complexity index is 622. The average molecular weight is 315 g/mol. The number of hydrogen-bond acceptors (Lipinski definition) is 3. The van der Waals surface area contributed by atoms with Crippen LogP contribution in [0, 0.1) is 5.82 Å². The quantitative estimate of drug-likeness (QED) is 0.668. The van der Waals surface area contributed by atoms with Crippen molar-refractivity contribution < 1.29 is 9.13 Å². The van der Waals surface area contributed by atoms with Crippen LogP contribution < -0.4 is 16.0 Å². The molecule has 0 radical (unpaired) electrons. The maximum absolute atomic E-state index is 13.5. The van der Waals surface area contributed by atoms with Crippen LogP contribution >= 0.6 is 23.2 Å². The van der Waals surface area contributed by atoms with Gasteiger partial charge in [-0.15, -0.1) is 0 Å². The van der Waals surface area contributed by atoms with E-state index in [1.807, 2.05) is 0 Å². The van der Waals surface area contributed by atoms with E-state index in [9.17, 15) is 4.39 Å². The zero-order chi connectivity index (χ0) is 14.7. The van der Waals surface area contributed by atoms with Crippen LogP contribution in [0.25, 0.3) is 0 Å². The third-order valence-electron chi connectivity index (χ3n) is 2.97. The lowest BCUT2D eigenvalue weighted by molar-refractivity contribution is 0.385. The summed E-state index contributed by atoms with van der Waals surface area (Å²) in [5.41, 5.74) is 4.07. The second-order valence-corrected chi connectivity index (χ2v) is 4.92. The first-order valence-corrected chi connectivity index (χ1v) is 6.57. The van der Waals surface area contributed by atoms with E-state index < -0.39 is 11.9 Å². The summed E-state index contributed by atoms with van der Waals surface area (Å²) in [7, 11) is 1.40. The molecule has 2 aromatic carbocycles. The molecule has 1 atom stereocenters. The third-order valence-corrected chi connectivity index (χ3v) is 3.80. The predicted molar refractivity (Wildman–Crippen MR) is 78.6 cm³/mol. The monoisotopic (exact) mass is 314 g/mol. The highest BCUT2D eigenvalue weighted by Crippen LogP contribution is 2.34. The fraction of sp³-hybridized carbons (Fsp3) is 0.143. The summed E-state index contributed by atoms with van der Waals surface area (Å²) >= 11 is 12.2. The van der Waals surface area contributed by atoms with Crippen molar-refractivity contribution in [3.63, 3.8) is 0 Å². The van der Waals surface area contributed by atoms with E-state index in [0.29, 0.717) is 15.6 Å². The first kappa shape index (κ1) is 15.1. The molecule has 0 saturated heterocycles. The molecule has 0 bridgehead atoms. The molecule has 2 aromatic rings. The summed E-state index contributed by atoms with van der Waals surface area (Å²) in [6.45, 7) is 0. The summed E-state index contributed by atoms with van der Waals surface area (Å²) in [6.07, 6.45) is 0. The molecule has 0 spiro atoms. The molecule has 0 aliphatic heterocycles. The summed E-state index contributed by atoms with van der Waals surface area (Å²) in [4.78, 5) is 0. The molecule has 6 heteroatoms. The van der Waals surface area contributed by atoms with Gasteiger partial charge in [0.2, 0.25) is 0 Å². The van der Waals surface area contributed by atoms with Crippen molar-refractivity contribution in [2.75, 3.05) is 7.11 Å². The first-order valence-electron chi connectivity index (χ1n) is 5.82. The fourth-order valence-corrected chi connectivity index (χ4v) is 2.38. The van der Waals surface area contributed by atoms with Crippen molar-refractivity contribution in [2.24, 2.45) is 5.84 Å². The van der Waals surface area contributed by atoms with Gasteiger partial charge in [-0.25, -0.2) is 9.82 Å². The largest absolute Gasteiger partial charge is 0.494 e. The zero-order valence-corrected chi connectivity index (χ0v) is 12.2. The van der Waals surface area contributed by atoms with Crippen LogP contribution in [-0.2, 0) is 0 Å². The van der Waals surface area contributed by atoms with Gasteiger partial charge in [-0.1, -0.05) is 41.4 Å². The van der Waals surface area contributed by atoms with E-state index >= 15 is 0 Å². The van der Waals surface area contributed by atoms with Gasteiger partial charge < -0.3 is 4.74 Å². The molecular formula is C14H13Cl2FN2O. The molecule has 0 aliphatic carbocycles. The minimum absolute atomic E-state index is 0.140. The Morgan fingerprint density at radius 1 is 1.25 bits per heavy atom. The normalized spacial score (nSPS) is 12.2. The Kier molecular flexibility index (Phi) is 4.83. The Balaban J connectivity index is 2.49. The zero-order valence-electron chi connectivity index (χ0n) is 10.7. The molecule has 2 rings (SSSR count). The van der Waals surface area contributed by atoms with Crippen molar-refractivity contribution in [3.8, 4) is 5.75 Å². The number of rotatable bonds is 4. The van der Waals surface area contributed by atoms with Crippen LogP contribution in [0.3, 0.4) is 0 Å². The van der Waals surface area contributed by atoms with Gasteiger partial charge in [-0.2, -0.15) is 0 Å². The molecule has 0 heterocycles. The molecule has 1 unspecified atom stereocenters. The van der Waals surface area contributed by atoms with Gasteiger partial charge in [0.1, 0.15) is 0 Å². The highest BCUT2D eigenvalue weighted by atomic mass is 35.5. The molecule has 0 aliphatic rings. The standard InChI is InChI=1S/C14H13Cl2FN2O/c1-20-12-7-8(5-6-11(12)17)14(19-18)9-3-2-4-10(15)13(9)16/h2-7,14,19H,18H2,1H3. The Labute approximate surface area is 126 Å². The van der Waals surface area contributed by atoms with E-state index in [2.05, 4.69) is 5.43 Å². The van der Waals surface area contributed by atoms with Crippen molar-refractivity contribution in [1.29, 1.82) is 0 Å². The minimum atomic E-state index is -0.441. The molecule has 0 aromatic heterocycles. The summed E-state index contributed by atoms with van der Waals surface area (Å²) < 4.78 is 18.4. The SMILES string of the molecule is COc1cc(C(NN)c2cccc(Cl)c2Cl)ccc1F. The summed E-state index contributed by atoms with van der Waals surface area (Å²) in [5.74, 6) is 5.30. The van der Waals surface area contributed by atoms with Crippen LogP contribution in [0.1, 0.15) is 17.2 Å². The van der Waals surface area contributed by atoms with Crippen molar-refractivity contribution in [3.05, 3.63) is 63.4 Å². The predicted octanol–water partition coefficient (Wildman–Crippen LogP) is 3.69. The number of hydrogen-bond donors (Lipinski definition) is 2. The van der Waals surface area contributed by atoms with Gasteiger partial charge in [0.05, 0.1) is 23.2 Å². The fourth-order valence-electron chi connectivity index (χ4n) is 1.96. The first-order chi connectivity index (χ1) is 9.58. The maximum atomic E-state index is 13.5. The van der Waals surface area contributed by atoms with Crippen molar-refractivity contribution in [2.45, 2.75) is 6.04 Å². The smallest absolute Gasteiger partial charge is 0.165 e. The molecule has 3 nitrogen and oxygen atoms in total. The van der Waals surface area contributed by atoms with Gasteiger partial charge in [0.15, 0.2) is 11.6 Å². The van der Waals surface area contributed by atoms with Gasteiger partial charge in [-0.3, -0.25) is 5.84 Å². The second kappa shape index (κ2) is 6.41. The average Bonchev–Trinajstić information content (AvgIpc) is 2.45. The Morgan fingerprint density at radius 2 is 2.00 bits per heavy atom. The van der Waals surface area contributed by atoms with Crippen LogP contribution in [0.4, 0.5) is 4.39 Å². The number of nitrogens with two attached hydrogens (primary N) is 1. The summed E-state index contributed by atoms with van der Waals surface area (Å²) in [5, 5.41) is 0.832. The van der Waals surface area contributed by atoms with Crippen LogP contribution in [-0.4, -0.2) is 7.11 Å². The van der Waals surface area contributed by atoms with Gasteiger partial charge >= 0.3 is 0 Å². The molecule has 0 saturated carbocycles. The maximum Gasteiger partial charge on any atom is 0.165 e. The van der Waals surface area contributed by atoms with E-state index in [1.165, 1.54) is 13.2 Å². The molecule has 106 valence electrons. The van der Waals surface area contributed by atoms with E-state index in [-0.39, 0.29) is 5.75 Å².